The van der Waals surface area contributed by atoms with E-state index in [0.29, 0.717) is 13.2 Å². The summed E-state index contributed by atoms with van der Waals surface area (Å²) >= 11 is 4.17. The van der Waals surface area contributed by atoms with Crippen molar-refractivity contribution in [2.45, 2.75) is 5.75 Å². The molecule has 0 saturated carbocycles. The van der Waals surface area contributed by atoms with Crippen molar-refractivity contribution in [3.63, 3.8) is 0 Å². The van der Waals surface area contributed by atoms with Crippen molar-refractivity contribution in [2.24, 2.45) is 16.5 Å². The first-order valence-corrected chi connectivity index (χ1v) is 5.23. The molecule has 0 bridgehead atoms. The van der Waals surface area contributed by atoms with E-state index in [4.69, 9.17) is 16.2 Å². The summed E-state index contributed by atoms with van der Waals surface area (Å²) in [5, 5.41) is 0. The number of nitrogens with zero attached hydrogens (tertiary/aromatic N) is 1. The first-order chi connectivity index (χ1) is 7.22. The van der Waals surface area contributed by atoms with Crippen LogP contribution in [-0.4, -0.2) is 19.1 Å². The number of benzene rings is 1. The minimum atomic E-state index is 0.0871. The van der Waals surface area contributed by atoms with Crippen LogP contribution in [0, 0.1) is 0 Å². The van der Waals surface area contributed by atoms with Crippen LogP contribution in [0.2, 0.25) is 0 Å². The fourth-order valence-electron chi connectivity index (χ4n) is 1.03. The Morgan fingerprint density at radius 1 is 1.27 bits per heavy atom. The number of guanidine groups is 1. The van der Waals surface area contributed by atoms with Crippen LogP contribution in [0.4, 0.5) is 0 Å². The molecule has 5 heteroatoms. The Bertz CT molecular complexity index is 320. The lowest BCUT2D eigenvalue weighted by atomic mass is 10.2. The van der Waals surface area contributed by atoms with Crippen LogP contribution in [0.1, 0.15) is 5.56 Å². The summed E-state index contributed by atoms with van der Waals surface area (Å²) in [6.07, 6.45) is 0. The van der Waals surface area contributed by atoms with E-state index in [-0.39, 0.29) is 5.96 Å². The zero-order chi connectivity index (χ0) is 11.1. The van der Waals surface area contributed by atoms with Crippen LogP contribution in [0.15, 0.2) is 29.3 Å². The van der Waals surface area contributed by atoms with E-state index in [1.54, 1.807) is 0 Å². The SMILES string of the molecule is NC(N)=NCCOc1ccc(CS)cc1. The monoisotopic (exact) mass is 225 g/mol. The molecule has 0 fully saturated rings. The molecule has 15 heavy (non-hydrogen) atoms. The summed E-state index contributed by atoms with van der Waals surface area (Å²) in [5.74, 6) is 1.63. The molecule has 0 aromatic heterocycles. The number of hydrogen-bond acceptors (Lipinski definition) is 3. The van der Waals surface area contributed by atoms with E-state index < -0.39 is 0 Å². The van der Waals surface area contributed by atoms with Crippen molar-refractivity contribution in [3.05, 3.63) is 29.8 Å². The molecule has 1 aromatic rings. The van der Waals surface area contributed by atoms with Crippen molar-refractivity contribution in [1.82, 2.24) is 0 Å². The summed E-state index contributed by atoms with van der Waals surface area (Å²) in [5.41, 5.74) is 11.5. The number of hydrogen-bond donors (Lipinski definition) is 3. The molecule has 0 aliphatic carbocycles. The van der Waals surface area contributed by atoms with Gasteiger partial charge in [-0.2, -0.15) is 12.6 Å². The maximum absolute atomic E-state index is 5.41. The minimum Gasteiger partial charge on any atom is -0.492 e. The van der Waals surface area contributed by atoms with Crippen LogP contribution in [0.5, 0.6) is 5.75 Å². The Labute approximate surface area is 94.7 Å². The molecule has 0 saturated heterocycles. The van der Waals surface area contributed by atoms with Gasteiger partial charge in [0.2, 0.25) is 0 Å². The van der Waals surface area contributed by atoms with Gasteiger partial charge >= 0.3 is 0 Å². The van der Waals surface area contributed by atoms with Crippen LogP contribution < -0.4 is 16.2 Å². The maximum Gasteiger partial charge on any atom is 0.186 e. The van der Waals surface area contributed by atoms with Gasteiger partial charge in [0, 0.05) is 5.75 Å². The average Bonchev–Trinajstić information content (AvgIpc) is 2.25. The van der Waals surface area contributed by atoms with Gasteiger partial charge in [0.15, 0.2) is 5.96 Å². The normalized spacial score (nSPS) is 9.67. The second-order valence-electron chi connectivity index (χ2n) is 2.96. The Morgan fingerprint density at radius 2 is 1.93 bits per heavy atom. The summed E-state index contributed by atoms with van der Waals surface area (Å²) in [6.45, 7) is 0.939. The molecule has 0 spiro atoms. The van der Waals surface area contributed by atoms with Crippen LogP contribution >= 0.6 is 12.6 Å². The Balaban J connectivity index is 2.35. The Kier molecular flexibility index (Phi) is 4.83. The van der Waals surface area contributed by atoms with E-state index >= 15 is 0 Å². The highest BCUT2D eigenvalue weighted by Gasteiger charge is 1.93. The van der Waals surface area contributed by atoms with Crippen LogP contribution in [0.3, 0.4) is 0 Å². The van der Waals surface area contributed by atoms with Gasteiger partial charge in [-0.05, 0) is 17.7 Å². The van der Waals surface area contributed by atoms with E-state index in [1.807, 2.05) is 24.3 Å². The highest BCUT2D eigenvalue weighted by Crippen LogP contribution is 2.12. The molecule has 0 heterocycles. The van der Waals surface area contributed by atoms with Crippen LogP contribution in [0.25, 0.3) is 0 Å². The molecule has 1 rings (SSSR count). The van der Waals surface area contributed by atoms with Gasteiger partial charge in [0.1, 0.15) is 12.4 Å². The first-order valence-electron chi connectivity index (χ1n) is 4.60. The summed E-state index contributed by atoms with van der Waals surface area (Å²) in [6, 6.07) is 7.76. The van der Waals surface area contributed by atoms with Crippen molar-refractivity contribution < 1.29 is 4.74 Å². The summed E-state index contributed by atoms with van der Waals surface area (Å²) in [4.78, 5) is 3.81. The third-order valence-electron chi connectivity index (χ3n) is 1.76. The standard InChI is InChI=1S/C10H15N3OS/c11-10(12)13-5-6-14-9-3-1-8(7-15)2-4-9/h1-4,15H,5-7H2,(H4,11,12,13). The molecular formula is C10H15N3OS. The maximum atomic E-state index is 5.41. The fraction of sp³-hybridized carbons (Fsp3) is 0.300. The smallest absolute Gasteiger partial charge is 0.186 e. The molecule has 4 nitrogen and oxygen atoms in total. The zero-order valence-electron chi connectivity index (χ0n) is 8.39. The second kappa shape index (κ2) is 6.19. The van der Waals surface area contributed by atoms with Crippen LogP contribution in [-0.2, 0) is 5.75 Å². The molecule has 4 N–H and O–H groups in total. The van der Waals surface area contributed by atoms with Gasteiger partial charge in [-0.3, -0.25) is 4.99 Å². The van der Waals surface area contributed by atoms with Gasteiger partial charge in [-0.25, -0.2) is 0 Å². The number of thiol groups is 1. The zero-order valence-corrected chi connectivity index (χ0v) is 9.28. The predicted molar refractivity (Wildman–Crippen MR) is 65.3 cm³/mol. The third kappa shape index (κ3) is 4.60. The molecule has 0 aliphatic rings. The Hall–Kier alpha value is -1.36. The Morgan fingerprint density at radius 3 is 2.47 bits per heavy atom. The molecule has 1 aromatic carbocycles. The lowest BCUT2D eigenvalue weighted by Crippen LogP contribution is -2.23. The van der Waals surface area contributed by atoms with Gasteiger partial charge in [0.25, 0.3) is 0 Å². The van der Waals surface area contributed by atoms with E-state index in [2.05, 4.69) is 17.6 Å². The van der Waals surface area contributed by atoms with Gasteiger partial charge in [-0.1, -0.05) is 12.1 Å². The largest absolute Gasteiger partial charge is 0.492 e. The molecule has 0 unspecified atom stereocenters. The number of nitrogens with two attached hydrogens (primary N) is 2. The highest BCUT2D eigenvalue weighted by molar-refractivity contribution is 7.79. The molecule has 0 atom stereocenters. The lowest BCUT2D eigenvalue weighted by Gasteiger charge is -2.04. The average molecular weight is 225 g/mol. The number of rotatable bonds is 5. The number of ether oxygens (including phenoxy) is 1. The summed E-state index contributed by atoms with van der Waals surface area (Å²) < 4.78 is 5.41. The van der Waals surface area contributed by atoms with Gasteiger partial charge in [0.05, 0.1) is 6.54 Å². The quantitative estimate of drug-likeness (QED) is 0.300. The molecule has 0 aliphatic heterocycles. The summed E-state index contributed by atoms with van der Waals surface area (Å²) in [7, 11) is 0. The minimum absolute atomic E-state index is 0.0871. The topological polar surface area (TPSA) is 73.6 Å². The van der Waals surface area contributed by atoms with E-state index in [9.17, 15) is 0 Å². The van der Waals surface area contributed by atoms with Crippen molar-refractivity contribution >= 4 is 18.6 Å². The van der Waals surface area contributed by atoms with Gasteiger partial charge < -0.3 is 16.2 Å². The second-order valence-corrected chi connectivity index (χ2v) is 3.27. The predicted octanol–water partition coefficient (Wildman–Crippen LogP) is 0.769. The number of aliphatic imine (C=N–C) groups is 1. The lowest BCUT2D eigenvalue weighted by molar-refractivity contribution is 0.328. The molecule has 82 valence electrons. The highest BCUT2D eigenvalue weighted by atomic mass is 32.1. The fourth-order valence-corrected chi connectivity index (χ4v) is 1.24. The molecule has 0 amide bonds. The van der Waals surface area contributed by atoms with E-state index in [1.165, 1.54) is 0 Å². The molecular weight excluding hydrogens is 210 g/mol. The van der Waals surface area contributed by atoms with Gasteiger partial charge in [-0.15, -0.1) is 0 Å². The van der Waals surface area contributed by atoms with Crippen molar-refractivity contribution in [1.29, 1.82) is 0 Å². The third-order valence-corrected chi connectivity index (χ3v) is 2.13. The molecule has 0 radical (unpaired) electrons. The van der Waals surface area contributed by atoms with E-state index in [0.717, 1.165) is 17.1 Å². The van der Waals surface area contributed by atoms with Crippen molar-refractivity contribution in [2.75, 3.05) is 13.2 Å². The van der Waals surface area contributed by atoms with Crippen molar-refractivity contribution in [3.8, 4) is 5.75 Å². The first kappa shape index (κ1) is 11.7.